The van der Waals surface area contributed by atoms with Crippen LogP contribution in [-0.2, 0) is 5.41 Å². The van der Waals surface area contributed by atoms with E-state index in [9.17, 15) is 0 Å². The van der Waals surface area contributed by atoms with Gasteiger partial charge in [0, 0.05) is 33.2 Å². The molecule has 0 radical (unpaired) electrons. The van der Waals surface area contributed by atoms with Gasteiger partial charge in [-0.1, -0.05) is 178 Å². The summed E-state index contributed by atoms with van der Waals surface area (Å²) in [6.45, 7) is 4.70. The zero-order valence-electron chi connectivity index (χ0n) is 33.1. The van der Waals surface area contributed by atoms with Crippen LogP contribution in [0.5, 0.6) is 0 Å². The SMILES string of the molecule is CC1(C)c2ccccc2-c2ccc3oc4ccc(N(c5ccc(-c6ccccc6)cc5)c5ccc(-c6ccc(-c7ccccc7)cc6)c(-c6ccccc6)c5)cc4c3c21. The molecular weight excluding hydrogens is 715 g/mol. The molecule has 59 heavy (non-hydrogen) atoms. The van der Waals surface area contributed by atoms with Crippen LogP contribution >= 0.6 is 0 Å². The van der Waals surface area contributed by atoms with Crippen LogP contribution in [-0.4, -0.2) is 0 Å². The van der Waals surface area contributed by atoms with Crippen molar-refractivity contribution in [3.8, 4) is 55.6 Å². The molecule has 0 spiro atoms. The summed E-state index contributed by atoms with van der Waals surface area (Å²) < 4.78 is 6.64. The van der Waals surface area contributed by atoms with Gasteiger partial charge in [0.2, 0.25) is 0 Å². The van der Waals surface area contributed by atoms with Gasteiger partial charge in [0.05, 0.1) is 0 Å². The monoisotopic (exact) mass is 755 g/mol. The van der Waals surface area contributed by atoms with Gasteiger partial charge in [-0.15, -0.1) is 0 Å². The second-order valence-corrected chi connectivity index (χ2v) is 16.1. The molecule has 2 nitrogen and oxygen atoms in total. The maximum Gasteiger partial charge on any atom is 0.135 e. The molecule has 1 aliphatic rings. The van der Waals surface area contributed by atoms with Gasteiger partial charge < -0.3 is 9.32 Å². The highest BCUT2D eigenvalue weighted by Gasteiger charge is 2.38. The summed E-state index contributed by atoms with van der Waals surface area (Å²) in [5.41, 5.74) is 19.7. The minimum Gasteiger partial charge on any atom is -0.456 e. The molecule has 1 aliphatic carbocycles. The van der Waals surface area contributed by atoms with Crippen molar-refractivity contribution in [2.45, 2.75) is 19.3 Å². The second kappa shape index (κ2) is 13.9. The summed E-state index contributed by atoms with van der Waals surface area (Å²) in [6.07, 6.45) is 0. The first-order chi connectivity index (χ1) is 29.0. The largest absolute Gasteiger partial charge is 0.456 e. The molecule has 280 valence electrons. The molecule has 1 aromatic heterocycles. The van der Waals surface area contributed by atoms with E-state index in [1.54, 1.807) is 0 Å². The molecule has 0 atom stereocenters. The van der Waals surface area contributed by atoms with Crippen molar-refractivity contribution in [2.24, 2.45) is 0 Å². The summed E-state index contributed by atoms with van der Waals surface area (Å²) in [4.78, 5) is 2.39. The van der Waals surface area contributed by atoms with E-state index in [-0.39, 0.29) is 5.41 Å². The lowest BCUT2D eigenvalue weighted by Gasteiger charge is -2.27. The van der Waals surface area contributed by atoms with Crippen LogP contribution in [0.15, 0.2) is 217 Å². The zero-order chi connectivity index (χ0) is 39.5. The summed E-state index contributed by atoms with van der Waals surface area (Å²) in [5, 5.41) is 2.32. The predicted octanol–water partition coefficient (Wildman–Crippen LogP) is 16.0. The van der Waals surface area contributed by atoms with Crippen LogP contribution in [0.25, 0.3) is 77.6 Å². The molecule has 2 heteroatoms. The molecule has 1 heterocycles. The van der Waals surface area contributed by atoms with Crippen molar-refractivity contribution in [1.82, 2.24) is 0 Å². The van der Waals surface area contributed by atoms with Gasteiger partial charge in [-0.05, 0) is 115 Å². The highest BCUT2D eigenvalue weighted by Crippen LogP contribution is 2.53. The summed E-state index contributed by atoms with van der Waals surface area (Å²) in [5.74, 6) is 0. The number of nitrogens with zero attached hydrogens (tertiary/aromatic N) is 1. The van der Waals surface area contributed by atoms with Crippen LogP contribution < -0.4 is 4.90 Å². The van der Waals surface area contributed by atoms with Crippen LogP contribution in [0.3, 0.4) is 0 Å². The van der Waals surface area contributed by atoms with E-state index in [1.165, 1.54) is 72.1 Å². The molecule has 11 rings (SSSR count). The zero-order valence-corrected chi connectivity index (χ0v) is 33.1. The van der Waals surface area contributed by atoms with Crippen LogP contribution in [0.1, 0.15) is 25.0 Å². The number of hydrogen-bond acceptors (Lipinski definition) is 2. The van der Waals surface area contributed by atoms with Crippen molar-refractivity contribution >= 4 is 39.0 Å². The van der Waals surface area contributed by atoms with Gasteiger partial charge in [0.15, 0.2) is 0 Å². The minimum absolute atomic E-state index is 0.176. The topological polar surface area (TPSA) is 16.4 Å². The van der Waals surface area contributed by atoms with E-state index >= 15 is 0 Å². The third-order valence-corrected chi connectivity index (χ3v) is 12.3. The predicted molar refractivity (Wildman–Crippen MR) is 248 cm³/mol. The van der Waals surface area contributed by atoms with Gasteiger partial charge in [-0.25, -0.2) is 0 Å². The maximum atomic E-state index is 6.64. The van der Waals surface area contributed by atoms with Crippen LogP contribution in [0, 0.1) is 0 Å². The second-order valence-electron chi connectivity index (χ2n) is 16.1. The Balaban J connectivity index is 1.10. The number of furan rings is 1. The number of benzene rings is 9. The van der Waals surface area contributed by atoms with E-state index in [0.717, 1.165) is 33.6 Å². The number of rotatable bonds is 7. The van der Waals surface area contributed by atoms with Crippen LogP contribution in [0.4, 0.5) is 17.1 Å². The van der Waals surface area contributed by atoms with Gasteiger partial charge in [-0.3, -0.25) is 0 Å². The molecule has 0 aliphatic heterocycles. The van der Waals surface area contributed by atoms with Gasteiger partial charge in [0.1, 0.15) is 11.2 Å². The van der Waals surface area contributed by atoms with E-state index in [2.05, 4.69) is 231 Å². The maximum absolute atomic E-state index is 6.64. The molecule has 9 aromatic carbocycles. The van der Waals surface area contributed by atoms with Gasteiger partial charge in [0.25, 0.3) is 0 Å². The lowest BCUT2D eigenvalue weighted by Crippen LogP contribution is -2.15. The molecule has 0 N–H and O–H groups in total. The summed E-state index contributed by atoms with van der Waals surface area (Å²) in [6, 6.07) is 76.7. The molecule has 0 saturated heterocycles. The van der Waals surface area contributed by atoms with Crippen molar-refractivity contribution in [3.63, 3.8) is 0 Å². The first-order valence-corrected chi connectivity index (χ1v) is 20.4. The van der Waals surface area contributed by atoms with Crippen molar-refractivity contribution in [3.05, 3.63) is 223 Å². The Labute approximate surface area is 345 Å². The first kappa shape index (κ1) is 34.8. The quantitative estimate of drug-likeness (QED) is 0.161. The molecule has 0 saturated carbocycles. The Morgan fingerprint density at radius 2 is 0.831 bits per heavy atom. The third-order valence-electron chi connectivity index (χ3n) is 12.3. The number of hydrogen-bond donors (Lipinski definition) is 0. The normalized spacial score (nSPS) is 12.7. The van der Waals surface area contributed by atoms with E-state index < -0.39 is 0 Å². The molecule has 10 aromatic rings. The Bertz CT molecular complexity index is 3140. The minimum atomic E-state index is -0.176. The van der Waals surface area contributed by atoms with Gasteiger partial charge >= 0.3 is 0 Å². The number of anilines is 3. The molecule has 0 bridgehead atoms. The van der Waals surface area contributed by atoms with E-state index in [1.807, 2.05) is 0 Å². The number of fused-ring (bicyclic) bond motifs is 7. The highest BCUT2D eigenvalue weighted by molar-refractivity contribution is 6.12. The fraction of sp³-hybridized carbons (Fsp3) is 0.0526. The summed E-state index contributed by atoms with van der Waals surface area (Å²) >= 11 is 0. The smallest absolute Gasteiger partial charge is 0.135 e. The van der Waals surface area contributed by atoms with Crippen molar-refractivity contribution < 1.29 is 4.42 Å². The van der Waals surface area contributed by atoms with Crippen molar-refractivity contribution in [1.29, 1.82) is 0 Å². The Morgan fingerprint density at radius 1 is 0.356 bits per heavy atom. The molecule has 0 fully saturated rings. The average Bonchev–Trinajstić information content (AvgIpc) is 3.78. The molecule has 0 unspecified atom stereocenters. The Morgan fingerprint density at radius 3 is 1.51 bits per heavy atom. The summed E-state index contributed by atoms with van der Waals surface area (Å²) in [7, 11) is 0. The Hall–Kier alpha value is -7.42. The Kier molecular flexibility index (Phi) is 8.20. The van der Waals surface area contributed by atoms with Gasteiger partial charge in [-0.2, -0.15) is 0 Å². The fourth-order valence-electron chi connectivity index (χ4n) is 9.40. The van der Waals surface area contributed by atoms with Crippen molar-refractivity contribution in [2.75, 3.05) is 4.90 Å². The average molecular weight is 756 g/mol. The fourth-order valence-corrected chi connectivity index (χ4v) is 9.40. The van der Waals surface area contributed by atoms with Crippen LogP contribution in [0.2, 0.25) is 0 Å². The standard InChI is InChI=1S/C57H41NO/c1-57(2)52-21-13-12-20-48(52)49-33-35-54-55(56(49)57)51-37-46(31-34-53(51)59-54)58(44-28-26-41(27-29-44)39-16-8-4-9-17-39)45-30-32-47(50(36-45)42-18-10-5-11-19-42)43-24-22-40(23-25-43)38-14-6-3-7-15-38/h3-37H,1-2H3. The van der Waals surface area contributed by atoms with E-state index in [4.69, 9.17) is 4.42 Å². The lowest BCUT2D eigenvalue weighted by atomic mass is 9.80. The molecular formula is C57H41NO. The molecule has 0 amide bonds. The lowest BCUT2D eigenvalue weighted by molar-refractivity contribution is 0.657. The first-order valence-electron chi connectivity index (χ1n) is 20.4. The van der Waals surface area contributed by atoms with E-state index in [0.29, 0.717) is 0 Å². The third kappa shape index (κ3) is 5.87. The highest BCUT2D eigenvalue weighted by atomic mass is 16.3.